The van der Waals surface area contributed by atoms with Crippen LogP contribution in [-0.4, -0.2) is 29.7 Å². The Morgan fingerprint density at radius 3 is 2.78 bits per heavy atom. The van der Waals surface area contributed by atoms with Crippen molar-refractivity contribution in [3.05, 3.63) is 40.6 Å². The SMILES string of the molecule is CS(=O)(=O)NCc1cn(-c2ccccc2Br)nn1. The van der Waals surface area contributed by atoms with Crippen molar-refractivity contribution < 1.29 is 8.42 Å². The molecule has 0 radical (unpaired) electrons. The first-order valence-electron chi connectivity index (χ1n) is 5.06. The summed E-state index contributed by atoms with van der Waals surface area (Å²) >= 11 is 3.41. The minimum absolute atomic E-state index is 0.128. The second-order valence-corrected chi connectivity index (χ2v) is 6.39. The lowest BCUT2D eigenvalue weighted by Crippen LogP contribution is -2.21. The van der Waals surface area contributed by atoms with Crippen LogP contribution in [-0.2, 0) is 16.6 Å². The van der Waals surface area contributed by atoms with Crippen LogP contribution in [0.1, 0.15) is 5.69 Å². The molecule has 18 heavy (non-hydrogen) atoms. The first kappa shape index (κ1) is 13.2. The van der Waals surface area contributed by atoms with Crippen molar-refractivity contribution >= 4 is 26.0 Å². The molecule has 0 atom stereocenters. The van der Waals surface area contributed by atoms with E-state index in [4.69, 9.17) is 0 Å². The van der Waals surface area contributed by atoms with E-state index in [1.807, 2.05) is 24.3 Å². The number of nitrogens with one attached hydrogen (secondary N) is 1. The van der Waals surface area contributed by atoms with Gasteiger partial charge in [-0.25, -0.2) is 17.8 Å². The minimum Gasteiger partial charge on any atom is -0.219 e. The van der Waals surface area contributed by atoms with Gasteiger partial charge in [-0.05, 0) is 28.1 Å². The fraction of sp³-hybridized carbons (Fsp3) is 0.200. The topological polar surface area (TPSA) is 76.9 Å². The van der Waals surface area contributed by atoms with Crippen LogP contribution in [0.5, 0.6) is 0 Å². The van der Waals surface area contributed by atoms with Gasteiger partial charge in [0, 0.05) is 4.47 Å². The van der Waals surface area contributed by atoms with Crippen LogP contribution in [0, 0.1) is 0 Å². The van der Waals surface area contributed by atoms with Gasteiger partial charge in [-0.2, -0.15) is 0 Å². The van der Waals surface area contributed by atoms with Gasteiger partial charge < -0.3 is 0 Å². The fourth-order valence-electron chi connectivity index (χ4n) is 1.34. The average molecular weight is 331 g/mol. The summed E-state index contributed by atoms with van der Waals surface area (Å²) in [5.41, 5.74) is 1.40. The highest BCUT2D eigenvalue weighted by molar-refractivity contribution is 9.10. The molecule has 1 N–H and O–H groups in total. The highest BCUT2D eigenvalue weighted by Crippen LogP contribution is 2.19. The van der Waals surface area contributed by atoms with Crippen LogP contribution >= 0.6 is 15.9 Å². The second kappa shape index (κ2) is 5.17. The largest absolute Gasteiger partial charge is 0.219 e. The van der Waals surface area contributed by atoms with E-state index in [1.54, 1.807) is 10.9 Å². The lowest BCUT2D eigenvalue weighted by atomic mass is 10.3. The maximum absolute atomic E-state index is 11.0. The van der Waals surface area contributed by atoms with E-state index in [9.17, 15) is 8.42 Å². The third kappa shape index (κ3) is 3.37. The number of nitrogens with zero attached hydrogens (tertiary/aromatic N) is 3. The predicted octanol–water partition coefficient (Wildman–Crippen LogP) is 1.08. The average Bonchev–Trinajstić information content (AvgIpc) is 2.75. The number of hydrogen-bond acceptors (Lipinski definition) is 4. The molecule has 0 fully saturated rings. The molecular weight excluding hydrogens is 320 g/mol. The van der Waals surface area contributed by atoms with Crippen molar-refractivity contribution in [3.63, 3.8) is 0 Å². The van der Waals surface area contributed by atoms with Gasteiger partial charge in [-0.1, -0.05) is 17.3 Å². The summed E-state index contributed by atoms with van der Waals surface area (Å²) in [5.74, 6) is 0. The Morgan fingerprint density at radius 2 is 2.11 bits per heavy atom. The molecule has 0 bridgehead atoms. The quantitative estimate of drug-likeness (QED) is 0.909. The van der Waals surface area contributed by atoms with Crippen molar-refractivity contribution in [2.75, 3.05) is 6.26 Å². The standard InChI is InChI=1S/C10H11BrN4O2S/c1-18(16,17)12-6-8-7-15(14-13-8)10-5-3-2-4-9(10)11/h2-5,7,12H,6H2,1H3. The molecule has 96 valence electrons. The Morgan fingerprint density at radius 1 is 1.39 bits per heavy atom. The summed E-state index contributed by atoms with van der Waals surface area (Å²) in [6.07, 6.45) is 2.78. The molecule has 0 unspecified atom stereocenters. The van der Waals surface area contributed by atoms with Gasteiger partial charge >= 0.3 is 0 Å². The van der Waals surface area contributed by atoms with E-state index < -0.39 is 10.0 Å². The second-order valence-electron chi connectivity index (χ2n) is 3.70. The summed E-state index contributed by atoms with van der Waals surface area (Å²) in [4.78, 5) is 0. The number of sulfonamides is 1. The lowest BCUT2D eigenvalue weighted by Gasteiger charge is -2.01. The number of benzene rings is 1. The Hall–Kier alpha value is -1.25. The monoisotopic (exact) mass is 330 g/mol. The highest BCUT2D eigenvalue weighted by atomic mass is 79.9. The van der Waals surface area contributed by atoms with E-state index in [0.29, 0.717) is 5.69 Å². The Bertz CT molecular complexity index is 653. The normalized spacial score (nSPS) is 11.7. The molecule has 0 aliphatic heterocycles. The van der Waals surface area contributed by atoms with E-state index in [1.165, 1.54) is 0 Å². The summed E-state index contributed by atoms with van der Waals surface area (Å²) < 4.78 is 26.8. The van der Waals surface area contributed by atoms with Gasteiger partial charge in [0.2, 0.25) is 10.0 Å². The van der Waals surface area contributed by atoms with Gasteiger partial charge in [0.05, 0.1) is 30.4 Å². The van der Waals surface area contributed by atoms with Gasteiger partial charge in [0.25, 0.3) is 0 Å². The van der Waals surface area contributed by atoms with Gasteiger partial charge in [-0.15, -0.1) is 5.10 Å². The third-order valence-electron chi connectivity index (χ3n) is 2.16. The zero-order chi connectivity index (χ0) is 13.2. The maximum Gasteiger partial charge on any atom is 0.209 e. The maximum atomic E-state index is 11.0. The smallest absolute Gasteiger partial charge is 0.209 e. The van der Waals surface area contributed by atoms with Crippen LogP contribution in [0.15, 0.2) is 34.9 Å². The van der Waals surface area contributed by atoms with Crippen LogP contribution in [0.25, 0.3) is 5.69 Å². The predicted molar refractivity (Wildman–Crippen MR) is 70.7 cm³/mol. The van der Waals surface area contributed by atoms with Crippen molar-refractivity contribution in [2.45, 2.75) is 6.54 Å². The fourth-order valence-corrected chi connectivity index (χ4v) is 2.22. The molecule has 2 aromatic rings. The van der Waals surface area contributed by atoms with Crippen molar-refractivity contribution in [1.82, 2.24) is 19.7 Å². The van der Waals surface area contributed by atoms with Crippen LogP contribution in [0.2, 0.25) is 0 Å². The molecular formula is C10H11BrN4O2S. The molecule has 0 saturated carbocycles. The molecule has 8 heteroatoms. The van der Waals surface area contributed by atoms with Crippen LogP contribution in [0.4, 0.5) is 0 Å². The van der Waals surface area contributed by atoms with E-state index in [-0.39, 0.29) is 6.54 Å². The summed E-state index contributed by atoms with van der Waals surface area (Å²) in [5, 5.41) is 7.85. The lowest BCUT2D eigenvalue weighted by molar-refractivity contribution is 0.586. The Balaban J connectivity index is 2.19. The number of aromatic nitrogens is 3. The number of para-hydroxylation sites is 1. The van der Waals surface area contributed by atoms with Crippen molar-refractivity contribution in [3.8, 4) is 5.69 Å². The molecule has 1 aromatic heterocycles. The van der Waals surface area contributed by atoms with Crippen molar-refractivity contribution in [1.29, 1.82) is 0 Å². The molecule has 1 aromatic carbocycles. The van der Waals surface area contributed by atoms with Gasteiger partial charge in [0.15, 0.2) is 0 Å². The summed E-state index contributed by atoms with van der Waals surface area (Å²) in [6, 6.07) is 7.56. The Kier molecular flexibility index (Phi) is 3.79. The zero-order valence-electron chi connectivity index (χ0n) is 9.54. The molecule has 0 amide bonds. The summed E-state index contributed by atoms with van der Waals surface area (Å²) in [6.45, 7) is 0.128. The number of halogens is 1. The molecule has 1 heterocycles. The highest BCUT2D eigenvalue weighted by Gasteiger charge is 2.07. The zero-order valence-corrected chi connectivity index (χ0v) is 11.9. The first-order chi connectivity index (χ1) is 8.46. The third-order valence-corrected chi connectivity index (χ3v) is 3.49. The van der Waals surface area contributed by atoms with E-state index in [2.05, 4.69) is 31.0 Å². The van der Waals surface area contributed by atoms with Crippen LogP contribution < -0.4 is 4.72 Å². The molecule has 6 nitrogen and oxygen atoms in total. The Labute approximate surface area is 113 Å². The molecule has 0 aliphatic rings. The molecule has 0 spiro atoms. The summed E-state index contributed by atoms with van der Waals surface area (Å²) in [7, 11) is -3.22. The van der Waals surface area contributed by atoms with E-state index in [0.717, 1.165) is 16.4 Å². The van der Waals surface area contributed by atoms with E-state index >= 15 is 0 Å². The minimum atomic E-state index is -3.22. The number of rotatable bonds is 4. The number of hydrogen-bond donors (Lipinski definition) is 1. The molecule has 0 saturated heterocycles. The van der Waals surface area contributed by atoms with Crippen LogP contribution in [0.3, 0.4) is 0 Å². The van der Waals surface area contributed by atoms with Gasteiger partial charge in [0.1, 0.15) is 0 Å². The molecule has 0 aliphatic carbocycles. The molecule has 2 rings (SSSR count). The van der Waals surface area contributed by atoms with Crippen molar-refractivity contribution in [2.24, 2.45) is 0 Å². The van der Waals surface area contributed by atoms with Gasteiger partial charge in [-0.3, -0.25) is 0 Å². The first-order valence-corrected chi connectivity index (χ1v) is 7.75.